The van der Waals surface area contributed by atoms with Crippen molar-refractivity contribution in [3.8, 4) is 6.07 Å². The van der Waals surface area contributed by atoms with Crippen molar-refractivity contribution < 1.29 is 9.13 Å². The highest BCUT2D eigenvalue weighted by Crippen LogP contribution is 2.19. The molecule has 0 fully saturated rings. The van der Waals surface area contributed by atoms with Crippen molar-refractivity contribution in [2.75, 3.05) is 25.6 Å². The van der Waals surface area contributed by atoms with E-state index in [2.05, 4.69) is 10.3 Å². The van der Waals surface area contributed by atoms with Crippen molar-refractivity contribution in [3.05, 3.63) is 22.6 Å². The number of nitrogens with zero attached hydrogens (tertiary/aromatic N) is 2. The van der Waals surface area contributed by atoms with Gasteiger partial charge in [-0.1, -0.05) is 11.6 Å². The van der Waals surface area contributed by atoms with Gasteiger partial charge in [0.25, 0.3) is 0 Å². The number of nitrogens with one attached hydrogen (secondary N) is 1. The van der Waals surface area contributed by atoms with Crippen LogP contribution in [-0.4, -0.2) is 25.2 Å². The van der Waals surface area contributed by atoms with E-state index in [9.17, 15) is 4.39 Å². The fourth-order valence-corrected chi connectivity index (χ4v) is 1.27. The SMILES string of the molecule is COCCCNc1nc(Cl)c(C#N)cc1F. The first-order valence-electron chi connectivity index (χ1n) is 4.68. The maximum absolute atomic E-state index is 13.4. The molecule has 0 aliphatic rings. The molecule has 16 heavy (non-hydrogen) atoms. The van der Waals surface area contributed by atoms with Gasteiger partial charge in [-0.3, -0.25) is 0 Å². The van der Waals surface area contributed by atoms with E-state index in [1.165, 1.54) is 0 Å². The summed E-state index contributed by atoms with van der Waals surface area (Å²) in [5, 5.41) is 11.4. The topological polar surface area (TPSA) is 57.9 Å². The van der Waals surface area contributed by atoms with Gasteiger partial charge in [0.15, 0.2) is 11.6 Å². The Labute approximate surface area is 98.0 Å². The molecule has 0 aliphatic carbocycles. The molecule has 1 N–H and O–H groups in total. The number of hydrogen-bond donors (Lipinski definition) is 1. The Kier molecular flexibility index (Phi) is 4.96. The summed E-state index contributed by atoms with van der Waals surface area (Å²) in [5.41, 5.74) is 0.0293. The summed E-state index contributed by atoms with van der Waals surface area (Å²) in [4.78, 5) is 3.76. The number of nitriles is 1. The van der Waals surface area contributed by atoms with Crippen LogP contribution in [0.4, 0.5) is 10.2 Å². The smallest absolute Gasteiger partial charge is 0.166 e. The Morgan fingerprint density at radius 2 is 2.44 bits per heavy atom. The highest BCUT2D eigenvalue weighted by Gasteiger charge is 2.09. The fraction of sp³-hybridized carbons (Fsp3) is 0.400. The van der Waals surface area contributed by atoms with Crippen molar-refractivity contribution in [2.45, 2.75) is 6.42 Å². The number of rotatable bonds is 5. The molecule has 0 unspecified atom stereocenters. The van der Waals surface area contributed by atoms with E-state index in [-0.39, 0.29) is 16.5 Å². The molecule has 1 aromatic rings. The molecule has 0 amide bonds. The first-order valence-corrected chi connectivity index (χ1v) is 5.05. The van der Waals surface area contributed by atoms with Gasteiger partial charge in [0.1, 0.15) is 11.2 Å². The minimum absolute atomic E-state index is 0.00172. The summed E-state index contributed by atoms with van der Waals surface area (Å²) in [7, 11) is 1.59. The van der Waals surface area contributed by atoms with E-state index < -0.39 is 5.82 Å². The molecule has 1 heterocycles. The molecular weight excluding hydrogens is 233 g/mol. The zero-order chi connectivity index (χ0) is 12.0. The third-order valence-electron chi connectivity index (χ3n) is 1.87. The Bertz CT molecular complexity index is 406. The minimum Gasteiger partial charge on any atom is -0.385 e. The van der Waals surface area contributed by atoms with Crippen molar-refractivity contribution in [1.29, 1.82) is 5.26 Å². The van der Waals surface area contributed by atoms with E-state index in [0.717, 1.165) is 12.5 Å². The highest BCUT2D eigenvalue weighted by molar-refractivity contribution is 6.30. The second-order valence-corrected chi connectivity index (χ2v) is 3.40. The molecule has 4 nitrogen and oxygen atoms in total. The van der Waals surface area contributed by atoms with E-state index in [4.69, 9.17) is 21.6 Å². The lowest BCUT2D eigenvalue weighted by molar-refractivity contribution is 0.197. The maximum atomic E-state index is 13.4. The molecule has 0 radical (unpaired) electrons. The number of aromatic nitrogens is 1. The quantitative estimate of drug-likeness (QED) is 0.636. The number of pyridine rings is 1. The van der Waals surface area contributed by atoms with Crippen molar-refractivity contribution in [1.82, 2.24) is 4.98 Å². The van der Waals surface area contributed by atoms with E-state index >= 15 is 0 Å². The average Bonchev–Trinajstić information content (AvgIpc) is 2.28. The van der Waals surface area contributed by atoms with Gasteiger partial charge < -0.3 is 10.1 Å². The van der Waals surface area contributed by atoms with Crippen molar-refractivity contribution >= 4 is 17.4 Å². The van der Waals surface area contributed by atoms with Crippen molar-refractivity contribution in [3.63, 3.8) is 0 Å². The molecule has 0 saturated carbocycles. The molecule has 0 saturated heterocycles. The lowest BCUT2D eigenvalue weighted by Gasteiger charge is -2.07. The van der Waals surface area contributed by atoms with Gasteiger partial charge in [0.2, 0.25) is 0 Å². The van der Waals surface area contributed by atoms with E-state index in [1.807, 2.05) is 0 Å². The summed E-state index contributed by atoms with van der Waals surface area (Å²) in [6.45, 7) is 1.11. The van der Waals surface area contributed by atoms with Crippen LogP contribution in [0.15, 0.2) is 6.07 Å². The Hall–Kier alpha value is -1.38. The Balaban J connectivity index is 2.67. The second kappa shape index (κ2) is 6.26. The average molecular weight is 244 g/mol. The van der Waals surface area contributed by atoms with Crippen LogP contribution in [0.2, 0.25) is 5.15 Å². The summed E-state index contributed by atoms with van der Waals surface area (Å²) < 4.78 is 18.2. The van der Waals surface area contributed by atoms with E-state index in [1.54, 1.807) is 13.2 Å². The Morgan fingerprint density at radius 1 is 1.69 bits per heavy atom. The van der Waals surface area contributed by atoms with Crippen LogP contribution in [0.3, 0.4) is 0 Å². The summed E-state index contributed by atoms with van der Waals surface area (Å²) >= 11 is 5.68. The van der Waals surface area contributed by atoms with Gasteiger partial charge in [-0.15, -0.1) is 0 Å². The second-order valence-electron chi connectivity index (χ2n) is 3.04. The van der Waals surface area contributed by atoms with Gasteiger partial charge in [0, 0.05) is 20.3 Å². The molecule has 0 bridgehead atoms. The number of methoxy groups -OCH3 is 1. The third kappa shape index (κ3) is 3.33. The number of anilines is 1. The molecule has 0 atom stereocenters. The van der Waals surface area contributed by atoms with Crippen LogP contribution >= 0.6 is 11.6 Å². The van der Waals surface area contributed by atoms with Gasteiger partial charge in [-0.05, 0) is 12.5 Å². The van der Waals surface area contributed by atoms with Crippen LogP contribution in [0, 0.1) is 17.1 Å². The molecule has 0 aliphatic heterocycles. The van der Waals surface area contributed by atoms with Crippen LogP contribution in [0.25, 0.3) is 0 Å². The van der Waals surface area contributed by atoms with Gasteiger partial charge in [-0.2, -0.15) is 5.26 Å². The summed E-state index contributed by atoms with van der Waals surface area (Å²) in [5.74, 6) is -0.529. The third-order valence-corrected chi connectivity index (χ3v) is 2.16. The summed E-state index contributed by atoms with van der Waals surface area (Å²) in [6.07, 6.45) is 0.731. The standard InChI is InChI=1S/C10H11ClFN3O/c1-16-4-2-3-14-10-8(12)5-7(6-13)9(11)15-10/h5H,2-4H2,1H3,(H,14,15). The molecule has 0 aromatic carbocycles. The van der Waals surface area contributed by atoms with Crippen LogP contribution in [-0.2, 0) is 4.74 Å². The zero-order valence-corrected chi connectivity index (χ0v) is 9.51. The lowest BCUT2D eigenvalue weighted by Crippen LogP contribution is -2.08. The van der Waals surface area contributed by atoms with Crippen molar-refractivity contribution in [2.24, 2.45) is 0 Å². The number of ether oxygens (including phenoxy) is 1. The van der Waals surface area contributed by atoms with Crippen LogP contribution in [0.5, 0.6) is 0 Å². The highest BCUT2D eigenvalue weighted by atomic mass is 35.5. The van der Waals surface area contributed by atoms with Crippen LogP contribution < -0.4 is 5.32 Å². The van der Waals surface area contributed by atoms with Gasteiger partial charge >= 0.3 is 0 Å². The molecule has 1 rings (SSSR count). The molecule has 0 spiro atoms. The van der Waals surface area contributed by atoms with Crippen LogP contribution in [0.1, 0.15) is 12.0 Å². The molecule has 86 valence electrons. The maximum Gasteiger partial charge on any atom is 0.166 e. The number of halogens is 2. The monoisotopic (exact) mass is 243 g/mol. The normalized spacial score (nSPS) is 9.88. The molecule has 6 heteroatoms. The Morgan fingerprint density at radius 3 is 3.06 bits per heavy atom. The lowest BCUT2D eigenvalue weighted by atomic mass is 10.3. The molecule has 1 aromatic heterocycles. The number of hydrogen-bond acceptors (Lipinski definition) is 4. The van der Waals surface area contributed by atoms with Gasteiger partial charge in [-0.25, -0.2) is 9.37 Å². The first-order chi connectivity index (χ1) is 7.69. The summed E-state index contributed by atoms with van der Waals surface area (Å²) in [6, 6.07) is 2.82. The molecular formula is C10H11ClFN3O. The first kappa shape index (κ1) is 12.7. The largest absolute Gasteiger partial charge is 0.385 e. The predicted molar refractivity (Wildman–Crippen MR) is 58.9 cm³/mol. The zero-order valence-electron chi connectivity index (χ0n) is 8.76. The predicted octanol–water partition coefficient (Wildman–Crippen LogP) is 2.19. The van der Waals surface area contributed by atoms with E-state index in [0.29, 0.717) is 13.2 Å². The fourth-order valence-electron chi connectivity index (χ4n) is 1.09. The van der Waals surface area contributed by atoms with Gasteiger partial charge in [0.05, 0.1) is 5.56 Å². The minimum atomic E-state index is -0.585.